The summed E-state index contributed by atoms with van der Waals surface area (Å²) < 4.78 is 31.6. The number of aliphatic hydroxyl groups is 1. The van der Waals surface area contributed by atoms with Gasteiger partial charge < -0.3 is 38.6 Å². The summed E-state index contributed by atoms with van der Waals surface area (Å²) in [6, 6.07) is 0. The zero-order valence-corrected chi connectivity index (χ0v) is 47.0. The SMILES string of the molecule is C=C1CC2CC(=O)CC(C(=O)OC)(C1)C2.C=C1CC2CC(O)CC(C(=O)OC)(C1)C2.CC12CC3CC(CC(C(=O)O)(C3)C1)O2.COC(=O)C12CC3CC(C1)OC(C)(C3)C2.COC(=O)C12CC3CC(Cl)(CC(Cl)(C3)C1)C2. The minimum atomic E-state index is -0.596. The minimum Gasteiger partial charge on any atom is -0.481 e. The van der Waals surface area contributed by atoms with Gasteiger partial charge in [-0.25, -0.2) is 0 Å². The third-order valence-electron chi connectivity index (χ3n) is 20.4. The molecule has 0 radical (unpaired) electrons. The number of halogens is 2. The Balaban J connectivity index is 0.000000115. The number of hydrogen-bond donors (Lipinski definition) is 2. The zero-order valence-electron chi connectivity index (χ0n) is 45.5. The summed E-state index contributed by atoms with van der Waals surface area (Å²) in [6.45, 7) is 12.2. The van der Waals surface area contributed by atoms with E-state index in [1.807, 2.05) is 0 Å². The second kappa shape index (κ2) is 20.3. The van der Waals surface area contributed by atoms with Crippen molar-refractivity contribution in [3.63, 3.8) is 0 Å². The lowest BCUT2D eigenvalue weighted by atomic mass is 9.49. The lowest BCUT2D eigenvalue weighted by Crippen LogP contribution is -2.61. The molecule has 0 aromatic rings. The number of carboxylic acid groups (broad SMARTS) is 1. The third-order valence-corrected chi connectivity index (χ3v) is 21.2. The Morgan fingerprint density at radius 2 is 0.933 bits per heavy atom. The second-order valence-electron chi connectivity index (χ2n) is 27.6. The van der Waals surface area contributed by atoms with E-state index < -0.39 is 27.6 Å². The number of allylic oxidation sites excluding steroid dienone is 2. The highest BCUT2D eigenvalue weighted by molar-refractivity contribution is 6.28. The molecule has 16 heteroatoms. The Labute approximate surface area is 453 Å². The molecule has 15 unspecified atom stereocenters. The number of alkyl halides is 2. The van der Waals surface area contributed by atoms with E-state index in [0.717, 1.165) is 146 Å². The quantitative estimate of drug-likeness (QED) is 0.114. The molecule has 16 rings (SSSR count). The molecule has 4 aliphatic heterocycles. The number of ether oxygens (including phenoxy) is 6. The summed E-state index contributed by atoms with van der Waals surface area (Å²) in [7, 11) is 5.78. The van der Waals surface area contributed by atoms with Gasteiger partial charge in [-0.1, -0.05) is 24.3 Å². The number of aliphatic carboxylic acids is 1. The second-order valence-corrected chi connectivity index (χ2v) is 29.2. The van der Waals surface area contributed by atoms with E-state index in [1.165, 1.54) is 28.4 Å². The van der Waals surface area contributed by atoms with Crippen LogP contribution in [0.3, 0.4) is 0 Å². The van der Waals surface area contributed by atoms with E-state index >= 15 is 0 Å². The minimum absolute atomic E-state index is 0.00794. The summed E-state index contributed by atoms with van der Waals surface area (Å²) in [5.41, 5.74) is -0.0888. The normalized spacial score (nSPS) is 47.2. The summed E-state index contributed by atoms with van der Waals surface area (Å²) in [5, 5.41) is 19.1. The van der Waals surface area contributed by atoms with Crippen molar-refractivity contribution in [2.75, 3.05) is 28.4 Å². The number of aliphatic hydroxyl groups excluding tert-OH is 1. The van der Waals surface area contributed by atoms with Crippen LogP contribution in [0.15, 0.2) is 24.3 Å². The maximum atomic E-state index is 12.0. The molecule has 0 aromatic carbocycles. The van der Waals surface area contributed by atoms with E-state index in [-0.39, 0.29) is 68.2 Å². The van der Waals surface area contributed by atoms with Crippen LogP contribution in [0.2, 0.25) is 0 Å². The first-order valence-corrected chi connectivity index (χ1v) is 28.7. The molecule has 0 spiro atoms. The van der Waals surface area contributed by atoms with Gasteiger partial charge >= 0.3 is 29.8 Å². The highest BCUT2D eigenvalue weighted by Gasteiger charge is 2.66. The fourth-order valence-corrected chi connectivity index (χ4v) is 21.2. The standard InChI is InChI=1S/C12H16Cl2O2.2C12H18O3.C12H16O3.C11H16O3/c1-16-9(15)10-2-8-3-11(13,5-10)7-12(14,4-8)6-10;1-11-4-8-3-9(15-11)6-12(5-8,7-11)10(13)14-2;2*1-8-3-9-4-10(13)7-12(5-8,6-9)11(14)15-2;1-10-3-7-2-8(14-10)5-11(4-7,6-10)9(12)13/h8H,2-7H2,1H3;8-9H,3-7H2,1-2H3;9-10,13H,1,3-7H2,2H3;9H,1,3-7H2,2H3;7-8H,2-6H2,1H3,(H,12,13). The summed E-state index contributed by atoms with van der Waals surface area (Å²) in [4.78, 5) is 69.9. The zero-order chi connectivity index (χ0) is 54.4. The van der Waals surface area contributed by atoms with Gasteiger partial charge in [-0.3, -0.25) is 28.8 Å². The Kier molecular flexibility index (Phi) is 15.3. The van der Waals surface area contributed by atoms with Crippen molar-refractivity contribution in [3.8, 4) is 0 Å². The highest BCUT2D eigenvalue weighted by atomic mass is 35.5. The molecule has 15 atom stereocenters. The van der Waals surface area contributed by atoms with Crippen molar-refractivity contribution in [1.29, 1.82) is 0 Å². The molecule has 16 fully saturated rings. The van der Waals surface area contributed by atoms with Crippen LogP contribution in [-0.2, 0) is 57.2 Å². The van der Waals surface area contributed by atoms with Crippen LogP contribution in [0.1, 0.15) is 181 Å². The highest BCUT2D eigenvalue weighted by Crippen LogP contribution is 2.68. The first-order valence-electron chi connectivity index (χ1n) is 27.9. The molecule has 75 heavy (non-hydrogen) atoms. The van der Waals surface area contributed by atoms with Crippen LogP contribution in [0.25, 0.3) is 0 Å². The number of carbonyl (C=O) groups is 6. The topological polar surface area (TPSA) is 198 Å². The third kappa shape index (κ3) is 11.2. The van der Waals surface area contributed by atoms with Gasteiger partial charge in [0, 0.05) is 22.6 Å². The number of Topliss-reactive ketones (excluding diaryl/α,β-unsaturated/α-hetero) is 1. The van der Waals surface area contributed by atoms with Crippen LogP contribution in [0.5, 0.6) is 0 Å². The van der Waals surface area contributed by atoms with E-state index in [0.29, 0.717) is 67.8 Å². The van der Waals surface area contributed by atoms with E-state index in [2.05, 4.69) is 27.0 Å². The molecule has 4 heterocycles. The fourth-order valence-electron chi connectivity index (χ4n) is 19.6. The number of rotatable bonds is 5. The fraction of sp³-hybridized carbons (Fsp3) is 0.831. The molecule has 0 amide bonds. The van der Waals surface area contributed by atoms with E-state index in [4.69, 9.17) is 51.6 Å². The van der Waals surface area contributed by atoms with Gasteiger partial charge in [0.2, 0.25) is 0 Å². The number of esters is 4. The average molecular weight is 1090 g/mol. The molecule has 418 valence electrons. The number of fused-ring (bicyclic) bond motifs is 4. The molecule has 2 N–H and O–H groups in total. The predicted molar refractivity (Wildman–Crippen MR) is 278 cm³/mol. The van der Waals surface area contributed by atoms with Gasteiger partial charge in [-0.05, 0) is 198 Å². The molecule has 14 nitrogen and oxygen atoms in total. The predicted octanol–water partition coefficient (Wildman–Crippen LogP) is 10.3. The number of ketones is 1. The molecule has 16 aliphatic rings. The number of carboxylic acids is 1. The number of hydrogen-bond acceptors (Lipinski definition) is 13. The first-order chi connectivity index (χ1) is 35.1. The van der Waals surface area contributed by atoms with Crippen LogP contribution >= 0.6 is 23.2 Å². The van der Waals surface area contributed by atoms with Gasteiger partial charge in [-0.15, -0.1) is 23.2 Å². The Hall–Kier alpha value is -3.04. The van der Waals surface area contributed by atoms with Crippen molar-refractivity contribution in [3.05, 3.63) is 24.3 Å². The first kappa shape index (κ1) is 56.7. The average Bonchev–Trinajstić information content (AvgIpc) is 3.27. The molecule has 4 saturated heterocycles. The van der Waals surface area contributed by atoms with Gasteiger partial charge in [0.25, 0.3) is 0 Å². The lowest BCUT2D eigenvalue weighted by Gasteiger charge is -2.61. The number of methoxy groups -OCH3 is 4. The lowest BCUT2D eigenvalue weighted by molar-refractivity contribution is -0.244. The molecule has 12 saturated carbocycles. The molecule has 16 bridgehead atoms. The van der Waals surface area contributed by atoms with Crippen LogP contribution in [0, 0.1) is 56.7 Å². The van der Waals surface area contributed by atoms with Crippen LogP contribution < -0.4 is 0 Å². The van der Waals surface area contributed by atoms with Crippen molar-refractivity contribution in [2.24, 2.45) is 56.7 Å². The van der Waals surface area contributed by atoms with Gasteiger partial charge in [0.1, 0.15) is 5.78 Å². The Bertz CT molecular complexity index is 2260. The smallest absolute Gasteiger partial charge is 0.312 e. The maximum Gasteiger partial charge on any atom is 0.312 e. The van der Waals surface area contributed by atoms with Crippen LogP contribution in [0.4, 0.5) is 0 Å². The molecule has 12 aliphatic carbocycles. The molecular formula is C59H84Cl2O14. The summed E-state index contributed by atoms with van der Waals surface area (Å²) in [6.07, 6.45) is 22.1. The number of carbonyl (C=O) groups excluding carboxylic acids is 5. The van der Waals surface area contributed by atoms with Gasteiger partial charge in [-0.2, -0.15) is 0 Å². The van der Waals surface area contributed by atoms with Crippen molar-refractivity contribution in [2.45, 2.75) is 220 Å². The Morgan fingerprint density at radius 3 is 1.45 bits per heavy atom. The van der Waals surface area contributed by atoms with E-state index in [9.17, 15) is 39.0 Å². The maximum absolute atomic E-state index is 12.0. The van der Waals surface area contributed by atoms with E-state index in [1.54, 1.807) is 0 Å². The van der Waals surface area contributed by atoms with Crippen LogP contribution in [-0.4, -0.2) is 114 Å². The monoisotopic (exact) mass is 1090 g/mol. The summed E-state index contributed by atoms with van der Waals surface area (Å²) in [5.74, 6) is 1.58. The van der Waals surface area contributed by atoms with Crippen molar-refractivity contribution in [1.82, 2.24) is 0 Å². The van der Waals surface area contributed by atoms with Crippen molar-refractivity contribution < 1.29 is 67.4 Å². The van der Waals surface area contributed by atoms with Crippen molar-refractivity contribution >= 4 is 58.8 Å². The summed E-state index contributed by atoms with van der Waals surface area (Å²) >= 11 is 13.2. The Morgan fingerprint density at radius 1 is 0.493 bits per heavy atom. The molecule has 0 aromatic heterocycles. The van der Waals surface area contributed by atoms with Gasteiger partial charge in [0.05, 0.1) is 85.0 Å². The molecular weight excluding hydrogens is 1000 g/mol. The largest absolute Gasteiger partial charge is 0.481 e. The van der Waals surface area contributed by atoms with Gasteiger partial charge in [0.15, 0.2) is 0 Å².